The molecule has 1 N–H and O–H groups in total. The van der Waals surface area contributed by atoms with Gasteiger partial charge in [0.2, 0.25) is 0 Å². The van der Waals surface area contributed by atoms with Gasteiger partial charge in [0, 0.05) is 19.7 Å². The lowest BCUT2D eigenvalue weighted by molar-refractivity contribution is -0.384. The van der Waals surface area contributed by atoms with E-state index in [4.69, 9.17) is 10.4 Å². The van der Waals surface area contributed by atoms with Gasteiger partial charge in [-0.25, -0.2) is 0 Å². The molecule has 0 saturated heterocycles. The van der Waals surface area contributed by atoms with E-state index in [1.807, 2.05) is 6.07 Å². The molecular weight excluding hydrogens is 250 g/mol. The van der Waals surface area contributed by atoms with Crippen LogP contribution in [0.25, 0.3) is 0 Å². The molecule has 0 aliphatic rings. The van der Waals surface area contributed by atoms with Crippen LogP contribution in [-0.2, 0) is 4.79 Å². The van der Waals surface area contributed by atoms with Gasteiger partial charge >= 0.3 is 5.97 Å². The van der Waals surface area contributed by atoms with Crippen LogP contribution >= 0.6 is 0 Å². The minimum Gasteiger partial charge on any atom is -0.481 e. The van der Waals surface area contributed by atoms with Crippen molar-refractivity contribution < 1.29 is 14.8 Å². The van der Waals surface area contributed by atoms with E-state index in [-0.39, 0.29) is 23.5 Å². The van der Waals surface area contributed by atoms with E-state index in [2.05, 4.69) is 0 Å². The fourth-order valence-corrected chi connectivity index (χ4v) is 1.64. The van der Waals surface area contributed by atoms with Crippen molar-refractivity contribution in [1.82, 2.24) is 0 Å². The van der Waals surface area contributed by atoms with Gasteiger partial charge in [-0.1, -0.05) is 6.92 Å². The Kier molecular flexibility index (Phi) is 4.42. The van der Waals surface area contributed by atoms with Gasteiger partial charge < -0.3 is 10.0 Å². The third kappa shape index (κ3) is 3.42. The Morgan fingerprint density at radius 3 is 2.74 bits per heavy atom. The zero-order valence-corrected chi connectivity index (χ0v) is 10.5. The third-order valence-corrected chi connectivity index (χ3v) is 2.68. The van der Waals surface area contributed by atoms with Gasteiger partial charge in [-0.3, -0.25) is 14.9 Å². The molecule has 0 amide bonds. The van der Waals surface area contributed by atoms with Crippen LogP contribution in [0.5, 0.6) is 0 Å². The van der Waals surface area contributed by atoms with Crippen LogP contribution in [0.15, 0.2) is 18.2 Å². The van der Waals surface area contributed by atoms with Crippen molar-refractivity contribution in [2.45, 2.75) is 6.92 Å². The molecule has 1 unspecified atom stereocenters. The Morgan fingerprint density at radius 2 is 2.26 bits per heavy atom. The maximum absolute atomic E-state index is 10.9. The molecule has 0 bridgehead atoms. The summed E-state index contributed by atoms with van der Waals surface area (Å²) in [5.41, 5.74) is 0.367. The molecule has 0 spiro atoms. The van der Waals surface area contributed by atoms with Crippen LogP contribution in [0.4, 0.5) is 11.4 Å². The highest BCUT2D eigenvalue weighted by Gasteiger charge is 2.21. The highest BCUT2D eigenvalue weighted by molar-refractivity contribution is 5.71. The van der Waals surface area contributed by atoms with Crippen molar-refractivity contribution in [1.29, 1.82) is 5.26 Å². The fourth-order valence-electron chi connectivity index (χ4n) is 1.64. The minimum absolute atomic E-state index is 0.116. The lowest BCUT2D eigenvalue weighted by atomic mass is 10.1. The SMILES string of the molecule is CC(CN(C)c1cc(C#N)ccc1[N+](=O)[O-])C(=O)O. The van der Waals surface area contributed by atoms with Gasteiger partial charge in [-0.2, -0.15) is 5.26 Å². The van der Waals surface area contributed by atoms with Crippen molar-refractivity contribution in [2.75, 3.05) is 18.5 Å². The zero-order chi connectivity index (χ0) is 14.6. The number of nitriles is 1. The normalized spacial score (nSPS) is 11.4. The van der Waals surface area contributed by atoms with Gasteiger partial charge in [0.25, 0.3) is 5.69 Å². The van der Waals surface area contributed by atoms with Crippen LogP contribution in [0, 0.1) is 27.4 Å². The van der Waals surface area contributed by atoms with Crippen LogP contribution in [0.3, 0.4) is 0 Å². The summed E-state index contributed by atoms with van der Waals surface area (Å²) in [6, 6.07) is 5.88. The molecule has 1 atom stereocenters. The quantitative estimate of drug-likeness (QED) is 0.638. The molecule has 7 nitrogen and oxygen atoms in total. The Morgan fingerprint density at radius 1 is 1.63 bits per heavy atom. The van der Waals surface area contributed by atoms with E-state index in [1.165, 1.54) is 30.0 Å². The van der Waals surface area contributed by atoms with Gasteiger partial charge in [0.15, 0.2) is 0 Å². The zero-order valence-electron chi connectivity index (χ0n) is 10.5. The molecule has 0 aliphatic heterocycles. The number of carbonyl (C=O) groups is 1. The largest absolute Gasteiger partial charge is 0.481 e. The molecular formula is C12H13N3O4. The van der Waals surface area contributed by atoms with E-state index < -0.39 is 16.8 Å². The lowest BCUT2D eigenvalue weighted by Crippen LogP contribution is -2.28. The summed E-state index contributed by atoms with van der Waals surface area (Å²) in [6.45, 7) is 1.63. The average molecular weight is 263 g/mol. The summed E-state index contributed by atoms with van der Waals surface area (Å²) >= 11 is 0. The number of carboxylic acids is 1. The van der Waals surface area contributed by atoms with Gasteiger partial charge in [-0.05, 0) is 12.1 Å². The smallest absolute Gasteiger partial charge is 0.308 e. The third-order valence-electron chi connectivity index (χ3n) is 2.68. The van der Waals surface area contributed by atoms with Gasteiger partial charge in [0.05, 0.1) is 22.5 Å². The summed E-state index contributed by atoms with van der Waals surface area (Å²) < 4.78 is 0. The number of nitro benzene ring substituents is 1. The first-order chi connectivity index (χ1) is 8.86. The van der Waals surface area contributed by atoms with Crippen LogP contribution < -0.4 is 4.90 Å². The molecule has 0 radical (unpaired) electrons. The van der Waals surface area contributed by atoms with Crippen molar-refractivity contribution in [3.8, 4) is 6.07 Å². The van der Waals surface area contributed by atoms with E-state index in [0.717, 1.165) is 0 Å². The summed E-state index contributed by atoms with van der Waals surface area (Å²) in [5.74, 6) is -1.65. The van der Waals surface area contributed by atoms with E-state index >= 15 is 0 Å². The van der Waals surface area contributed by atoms with Gasteiger partial charge in [0.1, 0.15) is 5.69 Å². The van der Waals surface area contributed by atoms with Crippen LogP contribution in [-0.4, -0.2) is 29.6 Å². The topological polar surface area (TPSA) is 107 Å². The maximum Gasteiger partial charge on any atom is 0.308 e. The second-order valence-corrected chi connectivity index (χ2v) is 4.19. The monoisotopic (exact) mass is 263 g/mol. The molecule has 0 aromatic heterocycles. The average Bonchev–Trinajstić information content (AvgIpc) is 2.37. The number of nitrogens with zero attached hydrogens (tertiary/aromatic N) is 3. The van der Waals surface area contributed by atoms with Crippen LogP contribution in [0.1, 0.15) is 12.5 Å². The number of nitro groups is 1. The Labute approximate surface area is 109 Å². The number of anilines is 1. The predicted octanol–water partition coefficient (Wildman–Crippen LogP) is 1.62. The maximum atomic E-state index is 10.9. The summed E-state index contributed by atoms with van der Waals surface area (Å²) in [5, 5.41) is 28.6. The summed E-state index contributed by atoms with van der Waals surface area (Å²) in [7, 11) is 1.56. The Bertz CT molecular complexity index is 550. The number of hydrogen-bond acceptors (Lipinski definition) is 5. The molecule has 100 valence electrons. The molecule has 7 heteroatoms. The molecule has 0 fully saturated rings. The number of benzene rings is 1. The van der Waals surface area contributed by atoms with E-state index in [9.17, 15) is 14.9 Å². The molecule has 1 aromatic carbocycles. The Balaban J connectivity index is 3.12. The number of hydrogen-bond donors (Lipinski definition) is 1. The number of carboxylic acid groups (broad SMARTS) is 1. The second kappa shape index (κ2) is 5.82. The Hall–Kier alpha value is -2.62. The fraction of sp³-hybridized carbons (Fsp3) is 0.333. The molecule has 1 aromatic rings. The van der Waals surface area contributed by atoms with Crippen molar-refractivity contribution in [3.05, 3.63) is 33.9 Å². The summed E-state index contributed by atoms with van der Waals surface area (Å²) in [6.07, 6.45) is 0. The lowest BCUT2D eigenvalue weighted by Gasteiger charge is -2.21. The highest BCUT2D eigenvalue weighted by atomic mass is 16.6. The first kappa shape index (κ1) is 14.4. The number of aliphatic carboxylic acids is 1. The highest BCUT2D eigenvalue weighted by Crippen LogP contribution is 2.28. The van der Waals surface area contributed by atoms with Crippen molar-refractivity contribution >= 4 is 17.3 Å². The van der Waals surface area contributed by atoms with E-state index in [1.54, 1.807) is 7.05 Å². The second-order valence-electron chi connectivity index (χ2n) is 4.19. The first-order valence-electron chi connectivity index (χ1n) is 5.49. The summed E-state index contributed by atoms with van der Waals surface area (Å²) in [4.78, 5) is 22.6. The van der Waals surface area contributed by atoms with Gasteiger partial charge in [-0.15, -0.1) is 0 Å². The molecule has 19 heavy (non-hydrogen) atoms. The molecule has 1 rings (SSSR count). The molecule has 0 heterocycles. The van der Waals surface area contributed by atoms with Crippen LogP contribution in [0.2, 0.25) is 0 Å². The minimum atomic E-state index is -0.981. The number of rotatable bonds is 5. The predicted molar refractivity (Wildman–Crippen MR) is 67.9 cm³/mol. The molecule has 0 saturated carbocycles. The first-order valence-corrected chi connectivity index (χ1v) is 5.49. The standard InChI is InChI=1S/C12H13N3O4/c1-8(12(16)17)7-14(2)11-5-9(6-13)3-4-10(11)15(18)19/h3-5,8H,7H2,1-2H3,(H,16,17). The molecule has 0 aliphatic carbocycles. The van der Waals surface area contributed by atoms with Crippen molar-refractivity contribution in [2.24, 2.45) is 5.92 Å². The van der Waals surface area contributed by atoms with E-state index in [0.29, 0.717) is 0 Å². The van der Waals surface area contributed by atoms with Crippen molar-refractivity contribution in [3.63, 3.8) is 0 Å².